The Kier molecular flexibility index (Phi) is 4.30. The highest BCUT2D eigenvalue weighted by molar-refractivity contribution is 5.38. The van der Waals surface area contributed by atoms with Gasteiger partial charge in [0.25, 0.3) is 0 Å². The van der Waals surface area contributed by atoms with Gasteiger partial charge in [0.1, 0.15) is 11.5 Å². The maximum atomic E-state index is 12.6. The van der Waals surface area contributed by atoms with Crippen LogP contribution in [0.15, 0.2) is 89.7 Å². The first-order valence-electron chi connectivity index (χ1n) is 8.20. The van der Waals surface area contributed by atoms with Gasteiger partial charge < -0.3 is 4.74 Å². The molecule has 1 heterocycles. The maximum absolute atomic E-state index is 12.6. The van der Waals surface area contributed by atoms with Gasteiger partial charge in [0.05, 0.1) is 12.2 Å². The van der Waals surface area contributed by atoms with Crippen molar-refractivity contribution in [1.29, 1.82) is 0 Å². The first kappa shape index (κ1) is 15.8. The second-order valence-electron chi connectivity index (χ2n) is 5.69. The number of hydrogen-bond acceptors (Lipinski definition) is 4. The topological polar surface area (TPSA) is 61.9 Å². The fraction of sp³-hybridized carbons (Fsp3) is 0.0500. The molecule has 6 nitrogen and oxygen atoms in total. The monoisotopic (exact) mass is 344 g/mol. The quantitative estimate of drug-likeness (QED) is 0.557. The summed E-state index contributed by atoms with van der Waals surface area (Å²) in [4.78, 5) is 12.6. The van der Waals surface area contributed by atoms with E-state index in [1.165, 1.54) is 9.36 Å². The van der Waals surface area contributed by atoms with Gasteiger partial charge >= 0.3 is 5.69 Å². The van der Waals surface area contributed by atoms with Crippen LogP contribution in [0.2, 0.25) is 0 Å². The Morgan fingerprint density at radius 3 is 2.19 bits per heavy atom. The number of ether oxygens (including phenoxy) is 1. The predicted molar refractivity (Wildman–Crippen MR) is 97.7 cm³/mol. The van der Waals surface area contributed by atoms with Crippen LogP contribution in [-0.4, -0.2) is 19.8 Å². The zero-order valence-corrected chi connectivity index (χ0v) is 13.9. The predicted octanol–water partition coefficient (Wildman–Crippen LogP) is 3.27. The van der Waals surface area contributed by atoms with Gasteiger partial charge in [0.15, 0.2) is 0 Å². The summed E-state index contributed by atoms with van der Waals surface area (Å²) in [5.41, 5.74) is 1.22. The second kappa shape index (κ2) is 7.06. The maximum Gasteiger partial charge on any atom is 0.368 e. The van der Waals surface area contributed by atoms with Crippen molar-refractivity contribution in [2.24, 2.45) is 0 Å². The normalized spacial score (nSPS) is 10.6. The Labute approximate surface area is 149 Å². The Balaban J connectivity index is 1.63. The van der Waals surface area contributed by atoms with Crippen LogP contribution in [0.1, 0.15) is 5.56 Å². The zero-order chi connectivity index (χ0) is 17.8. The number of rotatable bonds is 5. The SMILES string of the molecule is O=c1n(Cc2ccccc2Oc2ccccc2)nnn1-c1ccccc1. The number of tetrazole rings is 1. The minimum atomic E-state index is -0.300. The summed E-state index contributed by atoms with van der Waals surface area (Å²) in [5.74, 6) is 1.42. The lowest BCUT2D eigenvalue weighted by Crippen LogP contribution is -2.24. The Morgan fingerprint density at radius 1 is 0.769 bits per heavy atom. The lowest BCUT2D eigenvalue weighted by atomic mass is 10.2. The van der Waals surface area contributed by atoms with Gasteiger partial charge in [-0.1, -0.05) is 54.6 Å². The van der Waals surface area contributed by atoms with E-state index in [0.29, 0.717) is 11.4 Å². The molecule has 6 heteroatoms. The van der Waals surface area contributed by atoms with E-state index in [-0.39, 0.29) is 12.2 Å². The smallest absolute Gasteiger partial charge is 0.368 e. The van der Waals surface area contributed by atoms with Crippen molar-refractivity contribution >= 4 is 0 Å². The van der Waals surface area contributed by atoms with Crippen molar-refractivity contribution in [3.8, 4) is 17.2 Å². The third-order valence-corrected chi connectivity index (χ3v) is 3.90. The summed E-state index contributed by atoms with van der Waals surface area (Å²) in [6, 6.07) is 26.3. The van der Waals surface area contributed by atoms with Crippen molar-refractivity contribution in [1.82, 2.24) is 19.8 Å². The molecular weight excluding hydrogens is 328 g/mol. The fourth-order valence-electron chi connectivity index (χ4n) is 2.62. The van der Waals surface area contributed by atoms with Gasteiger partial charge in [-0.2, -0.15) is 9.36 Å². The molecule has 0 aliphatic rings. The molecule has 3 aromatic carbocycles. The second-order valence-corrected chi connectivity index (χ2v) is 5.69. The van der Waals surface area contributed by atoms with Crippen molar-refractivity contribution in [3.05, 3.63) is 101 Å². The number of benzene rings is 3. The van der Waals surface area contributed by atoms with E-state index in [9.17, 15) is 4.79 Å². The third-order valence-electron chi connectivity index (χ3n) is 3.90. The van der Waals surface area contributed by atoms with Crippen LogP contribution in [0.5, 0.6) is 11.5 Å². The van der Waals surface area contributed by atoms with Gasteiger partial charge in [0, 0.05) is 5.56 Å². The van der Waals surface area contributed by atoms with E-state index in [1.54, 1.807) is 0 Å². The Morgan fingerprint density at radius 2 is 1.42 bits per heavy atom. The van der Waals surface area contributed by atoms with Crippen LogP contribution >= 0.6 is 0 Å². The van der Waals surface area contributed by atoms with Crippen LogP contribution in [-0.2, 0) is 6.54 Å². The standard InChI is InChI=1S/C20H16N4O2/c25-20-23(21-22-24(20)17-10-3-1-4-11-17)15-16-9-7-8-14-19(16)26-18-12-5-2-6-13-18/h1-14H,15H2. The van der Waals surface area contributed by atoms with Crippen LogP contribution in [0, 0.1) is 0 Å². The number of hydrogen-bond donors (Lipinski definition) is 0. The lowest BCUT2D eigenvalue weighted by Gasteiger charge is -2.10. The highest BCUT2D eigenvalue weighted by Crippen LogP contribution is 2.25. The molecule has 4 rings (SSSR count). The van der Waals surface area contributed by atoms with E-state index >= 15 is 0 Å². The molecule has 0 fully saturated rings. The molecule has 0 amide bonds. The highest BCUT2D eigenvalue weighted by Gasteiger charge is 2.12. The van der Waals surface area contributed by atoms with Crippen LogP contribution in [0.4, 0.5) is 0 Å². The summed E-state index contributed by atoms with van der Waals surface area (Å²) in [6.45, 7) is 0.272. The average molecular weight is 344 g/mol. The molecule has 0 bridgehead atoms. The molecule has 0 aliphatic heterocycles. The molecule has 1 aromatic heterocycles. The van der Waals surface area contributed by atoms with Crippen LogP contribution in [0.3, 0.4) is 0 Å². The van der Waals surface area contributed by atoms with Crippen molar-refractivity contribution in [3.63, 3.8) is 0 Å². The summed E-state index contributed by atoms with van der Waals surface area (Å²) >= 11 is 0. The van der Waals surface area contributed by atoms with E-state index in [2.05, 4.69) is 10.4 Å². The van der Waals surface area contributed by atoms with E-state index < -0.39 is 0 Å². The fourth-order valence-corrected chi connectivity index (χ4v) is 2.62. The number of para-hydroxylation sites is 3. The molecule has 0 aliphatic carbocycles. The average Bonchev–Trinajstić information content (AvgIpc) is 3.05. The van der Waals surface area contributed by atoms with Crippen molar-refractivity contribution in [2.45, 2.75) is 6.54 Å². The van der Waals surface area contributed by atoms with Gasteiger partial charge in [-0.25, -0.2) is 4.79 Å². The molecule has 26 heavy (non-hydrogen) atoms. The molecule has 0 unspecified atom stereocenters. The molecule has 0 spiro atoms. The minimum absolute atomic E-state index is 0.272. The third kappa shape index (κ3) is 3.25. The summed E-state index contributed by atoms with van der Waals surface area (Å²) in [6.07, 6.45) is 0. The molecular formula is C20H16N4O2. The van der Waals surface area contributed by atoms with Gasteiger partial charge in [0.2, 0.25) is 0 Å². The Bertz CT molecular complexity index is 1060. The summed E-state index contributed by atoms with van der Waals surface area (Å²) in [5, 5.41) is 7.97. The molecule has 128 valence electrons. The van der Waals surface area contributed by atoms with Crippen molar-refractivity contribution in [2.75, 3.05) is 0 Å². The molecule has 0 atom stereocenters. The van der Waals surface area contributed by atoms with E-state index in [1.807, 2.05) is 84.9 Å². The highest BCUT2D eigenvalue weighted by atomic mass is 16.5. The molecule has 0 saturated carbocycles. The van der Waals surface area contributed by atoms with E-state index in [0.717, 1.165) is 11.3 Å². The zero-order valence-electron chi connectivity index (χ0n) is 13.9. The molecule has 4 aromatic rings. The van der Waals surface area contributed by atoms with Crippen LogP contribution in [0.25, 0.3) is 5.69 Å². The number of aromatic nitrogens is 4. The lowest BCUT2D eigenvalue weighted by molar-refractivity contribution is 0.470. The number of nitrogens with zero attached hydrogens (tertiary/aromatic N) is 4. The molecule has 0 radical (unpaired) electrons. The van der Waals surface area contributed by atoms with Gasteiger partial charge in [-0.05, 0) is 40.8 Å². The first-order chi connectivity index (χ1) is 12.8. The Hall–Kier alpha value is -3.67. The van der Waals surface area contributed by atoms with Gasteiger partial charge in [-0.15, -0.1) is 0 Å². The van der Waals surface area contributed by atoms with Gasteiger partial charge in [-0.3, -0.25) is 0 Å². The van der Waals surface area contributed by atoms with E-state index in [4.69, 9.17) is 4.74 Å². The van der Waals surface area contributed by atoms with Crippen molar-refractivity contribution < 1.29 is 4.74 Å². The molecule has 0 saturated heterocycles. The summed E-state index contributed by atoms with van der Waals surface area (Å²) < 4.78 is 8.54. The summed E-state index contributed by atoms with van der Waals surface area (Å²) in [7, 11) is 0. The van der Waals surface area contributed by atoms with Crippen LogP contribution < -0.4 is 10.4 Å². The first-order valence-corrected chi connectivity index (χ1v) is 8.20. The largest absolute Gasteiger partial charge is 0.457 e. The molecule has 0 N–H and O–H groups in total. The minimum Gasteiger partial charge on any atom is -0.457 e.